The molecule has 0 spiro atoms. The summed E-state index contributed by atoms with van der Waals surface area (Å²) in [5, 5.41) is 0. The van der Waals surface area contributed by atoms with Gasteiger partial charge in [0, 0.05) is 25.1 Å². The molecule has 1 rings (SSSR count). The van der Waals surface area contributed by atoms with Crippen LogP contribution in [0.4, 0.5) is 0 Å². The van der Waals surface area contributed by atoms with E-state index in [2.05, 4.69) is 28.1 Å². The predicted molar refractivity (Wildman–Crippen MR) is 64.9 cm³/mol. The molecule has 0 amide bonds. The Bertz CT molecular complexity index is 291. The summed E-state index contributed by atoms with van der Waals surface area (Å²) in [7, 11) is 3.34. The van der Waals surface area contributed by atoms with Crippen LogP contribution in [-0.4, -0.2) is 20.0 Å². The highest BCUT2D eigenvalue weighted by atomic mass is 79.9. The van der Waals surface area contributed by atoms with E-state index < -0.39 is 5.79 Å². The first-order valence-corrected chi connectivity index (χ1v) is 5.74. The number of rotatable bonds is 5. The summed E-state index contributed by atoms with van der Waals surface area (Å²) >= 11 is 3.41. The van der Waals surface area contributed by atoms with E-state index in [4.69, 9.17) is 9.47 Å². The minimum atomic E-state index is -0.479. The molecule has 1 aromatic rings. The average molecular weight is 273 g/mol. The Morgan fingerprint density at radius 2 is 1.67 bits per heavy atom. The average Bonchev–Trinajstić information content (AvgIpc) is 2.28. The SMILES string of the molecule is COC(C)(CCc1ccc(Br)cc1)OC. The zero-order valence-electron chi connectivity index (χ0n) is 9.42. The third-order valence-corrected chi connectivity index (χ3v) is 3.17. The zero-order chi connectivity index (χ0) is 11.3. The Balaban J connectivity index is 2.53. The van der Waals surface area contributed by atoms with Gasteiger partial charge < -0.3 is 9.47 Å². The van der Waals surface area contributed by atoms with Gasteiger partial charge in [-0.15, -0.1) is 0 Å². The largest absolute Gasteiger partial charge is 0.353 e. The van der Waals surface area contributed by atoms with Gasteiger partial charge in [0.25, 0.3) is 0 Å². The van der Waals surface area contributed by atoms with E-state index in [-0.39, 0.29) is 0 Å². The maximum atomic E-state index is 5.30. The number of hydrogen-bond acceptors (Lipinski definition) is 2. The molecule has 1 aromatic carbocycles. The summed E-state index contributed by atoms with van der Waals surface area (Å²) in [6.45, 7) is 1.95. The first-order valence-electron chi connectivity index (χ1n) is 4.94. The minimum Gasteiger partial charge on any atom is -0.353 e. The smallest absolute Gasteiger partial charge is 0.165 e. The van der Waals surface area contributed by atoms with Crippen molar-refractivity contribution in [3.05, 3.63) is 34.3 Å². The molecular weight excluding hydrogens is 256 g/mol. The summed E-state index contributed by atoms with van der Waals surface area (Å²) in [6, 6.07) is 8.31. The van der Waals surface area contributed by atoms with Crippen molar-refractivity contribution in [3.8, 4) is 0 Å². The first-order chi connectivity index (χ1) is 7.09. The topological polar surface area (TPSA) is 18.5 Å². The lowest BCUT2D eigenvalue weighted by Gasteiger charge is -2.26. The highest BCUT2D eigenvalue weighted by molar-refractivity contribution is 9.10. The van der Waals surface area contributed by atoms with Crippen LogP contribution in [0, 0.1) is 0 Å². The molecule has 0 N–H and O–H groups in total. The van der Waals surface area contributed by atoms with Gasteiger partial charge in [-0.1, -0.05) is 28.1 Å². The van der Waals surface area contributed by atoms with Gasteiger partial charge in [-0.3, -0.25) is 0 Å². The summed E-state index contributed by atoms with van der Waals surface area (Å²) in [5.74, 6) is -0.479. The van der Waals surface area contributed by atoms with E-state index in [9.17, 15) is 0 Å². The number of halogens is 1. The van der Waals surface area contributed by atoms with Gasteiger partial charge in [0.05, 0.1) is 0 Å². The van der Waals surface area contributed by atoms with Gasteiger partial charge in [-0.05, 0) is 31.0 Å². The third-order valence-electron chi connectivity index (χ3n) is 2.64. The van der Waals surface area contributed by atoms with Crippen molar-refractivity contribution in [1.29, 1.82) is 0 Å². The third kappa shape index (κ3) is 3.93. The Hall–Kier alpha value is -0.380. The standard InChI is InChI=1S/C12H17BrO2/c1-12(14-2,15-3)9-8-10-4-6-11(13)7-5-10/h4-7H,8-9H2,1-3H3. The molecule has 84 valence electrons. The number of methoxy groups -OCH3 is 2. The lowest BCUT2D eigenvalue weighted by molar-refractivity contribution is -0.196. The van der Waals surface area contributed by atoms with Crippen molar-refractivity contribution in [1.82, 2.24) is 0 Å². The van der Waals surface area contributed by atoms with Crippen LogP contribution in [0.15, 0.2) is 28.7 Å². The summed E-state index contributed by atoms with van der Waals surface area (Å²) < 4.78 is 11.7. The lowest BCUT2D eigenvalue weighted by atomic mass is 10.1. The molecule has 15 heavy (non-hydrogen) atoms. The van der Waals surface area contributed by atoms with Gasteiger partial charge >= 0.3 is 0 Å². The van der Waals surface area contributed by atoms with Gasteiger partial charge in [0.2, 0.25) is 0 Å². The molecule has 0 saturated carbocycles. The van der Waals surface area contributed by atoms with Crippen molar-refractivity contribution in [2.75, 3.05) is 14.2 Å². The Kier molecular flexibility index (Phi) is 4.77. The fourth-order valence-corrected chi connectivity index (χ4v) is 1.57. The van der Waals surface area contributed by atoms with E-state index >= 15 is 0 Å². The second-order valence-corrected chi connectivity index (χ2v) is 4.58. The predicted octanol–water partition coefficient (Wildman–Crippen LogP) is 3.39. The van der Waals surface area contributed by atoms with Crippen LogP contribution in [0.5, 0.6) is 0 Å². The Labute approximate surface area is 99.7 Å². The maximum absolute atomic E-state index is 5.30. The molecule has 0 aliphatic heterocycles. The molecular formula is C12H17BrO2. The molecule has 0 aromatic heterocycles. The second-order valence-electron chi connectivity index (χ2n) is 3.67. The van der Waals surface area contributed by atoms with Gasteiger partial charge in [-0.25, -0.2) is 0 Å². The van der Waals surface area contributed by atoms with Crippen LogP contribution in [-0.2, 0) is 15.9 Å². The molecule has 0 aliphatic rings. The molecule has 0 unspecified atom stereocenters. The van der Waals surface area contributed by atoms with Gasteiger partial charge in [0.1, 0.15) is 0 Å². The van der Waals surface area contributed by atoms with Crippen molar-refractivity contribution in [3.63, 3.8) is 0 Å². The number of ether oxygens (including phenoxy) is 2. The first kappa shape index (κ1) is 12.7. The lowest BCUT2D eigenvalue weighted by Crippen LogP contribution is -2.30. The Morgan fingerprint density at radius 1 is 1.13 bits per heavy atom. The summed E-state index contributed by atoms with van der Waals surface area (Å²) in [4.78, 5) is 0. The monoisotopic (exact) mass is 272 g/mol. The zero-order valence-corrected chi connectivity index (χ0v) is 11.0. The van der Waals surface area contributed by atoms with Crippen LogP contribution in [0.2, 0.25) is 0 Å². The fraction of sp³-hybridized carbons (Fsp3) is 0.500. The van der Waals surface area contributed by atoms with Crippen LogP contribution in [0.1, 0.15) is 18.9 Å². The molecule has 0 aliphatic carbocycles. The second kappa shape index (κ2) is 5.64. The van der Waals surface area contributed by atoms with Crippen molar-refractivity contribution < 1.29 is 9.47 Å². The van der Waals surface area contributed by atoms with E-state index in [1.54, 1.807) is 14.2 Å². The van der Waals surface area contributed by atoms with E-state index in [1.165, 1.54) is 5.56 Å². The van der Waals surface area contributed by atoms with Crippen molar-refractivity contribution in [2.45, 2.75) is 25.6 Å². The molecule has 0 bridgehead atoms. The van der Waals surface area contributed by atoms with Crippen LogP contribution >= 0.6 is 15.9 Å². The Morgan fingerprint density at radius 3 is 2.13 bits per heavy atom. The fourth-order valence-electron chi connectivity index (χ4n) is 1.31. The molecule has 0 saturated heterocycles. The van der Waals surface area contributed by atoms with Crippen LogP contribution in [0.25, 0.3) is 0 Å². The summed E-state index contributed by atoms with van der Waals surface area (Å²) in [5.41, 5.74) is 1.29. The van der Waals surface area contributed by atoms with Crippen LogP contribution < -0.4 is 0 Å². The van der Waals surface area contributed by atoms with Crippen molar-refractivity contribution in [2.24, 2.45) is 0 Å². The molecule has 0 atom stereocenters. The van der Waals surface area contributed by atoms with E-state index in [1.807, 2.05) is 19.1 Å². The van der Waals surface area contributed by atoms with Gasteiger partial charge in [0.15, 0.2) is 5.79 Å². The number of hydrogen-bond donors (Lipinski definition) is 0. The highest BCUT2D eigenvalue weighted by Gasteiger charge is 2.21. The number of aryl methyl sites for hydroxylation is 1. The summed E-state index contributed by atoms with van der Waals surface area (Å²) in [6.07, 6.45) is 1.80. The van der Waals surface area contributed by atoms with Gasteiger partial charge in [-0.2, -0.15) is 0 Å². The van der Waals surface area contributed by atoms with E-state index in [0.717, 1.165) is 17.3 Å². The highest BCUT2D eigenvalue weighted by Crippen LogP contribution is 2.19. The quantitative estimate of drug-likeness (QED) is 0.765. The van der Waals surface area contributed by atoms with E-state index in [0.29, 0.717) is 0 Å². The normalized spacial score (nSPS) is 11.7. The molecule has 0 heterocycles. The molecule has 3 heteroatoms. The minimum absolute atomic E-state index is 0.479. The maximum Gasteiger partial charge on any atom is 0.165 e. The molecule has 0 radical (unpaired) electrons. The van der Waals surface area contributed by atoms with Crippen LogP contribution in [0.3, 0.4) is 0 Å². The molecule has 2 nitrogen and oxygen atoms in total. The van der Waals surface area contributed by atoms with Crippen molar-refractivity contribution >= 4 is 15.9 Å². The molecule has 0 fully saturated rings. The number of benzene rings is 1.